The smallest absolute Gasteiger partial charge is 0.238 e. The fourth-order valence-electron chi connectivity index (χ4n) is 4.56. The van der Waals surface area contributed by atoms with Crippen LogP contribution >= 0.6 is 11.8 Å². The molecule has 1 saturated carbocycles. The summed E-state index contributed by atoms with van der Waals surface area (Å²) in [5.41, 5.74) is 6.78. The Morgan fingerprint density at radius 3 is 2.38 bits per heavy atom. The summed E-state index contributed by atoms with van der Waals surface area (Å²) in [5.74, 6) is 3.77. The minimum atomic E-state index is -0.354. The third-order valence-corrected chi connectivity index (χ3v) is 7.55. The molecule has 1 atom stereocenters. The van der Waals surface area contributed by atoms with Crippen LogP contribution in [0.25, 0.3) is 0 Å². The van der Waals surface area contributed by atoms with E-state index in [1.165, 1.54) is 0 Å². The van der Waals surface area contributed by atoms with Gasteiger partial charge in [-0.2, -0.15) is 5.26 Å². The van der Waals surface area contributed by atoms with Crippen LogP contribution in [0.2, 0.25) is 0 Å². The van der Waals surface area contributed by atoms with Crippen molar-refractivity contribution in [3.8, 4) is 23.3 Å². The summed E-state index contributed by atoms with van der Waals surface area (Å²) in [5, 5.41) is 9.42. The standard InChI is InChI=1S/C23H34N4O4S/c1-29-19-8-21(30-2)20(22(9-19)31-3)12-26(17-6-4-16(10-24)5-7-17)13-23(28)27-15-32-14-18(27)11-25/h8-9,16-18H,4-7,10,12-15,24H2,1-3H3/t16-,17-,18-/m1/s1. The van der Waals surface area contributed by atoms with Crippen LogP contribution < -0.4 is 19.9 Å². The van der Waals surface area contributed by atoms with E-state index < -0.39 is 0 Å². The van der Waals surface area contributed by atoms with E-state index in [1.807, 2.05) is 12.1 Å². The maximum absolute atomic E-state index is 13.2. The van der Waals surface area contributed by atoms with Gasteiger partial charge in [0, 0.05) is 30.5 Å². The number of hydrogen-bond donors (Lipinski definition) is 1. The summed E-state index contributed by atoms with van der Waals surface area (Å²) in [4.78, 5) is 17.1. The Morgan fingerprint density at radius 2 is 1.84 bits per heavy atom. The molecule has 0 bridgehead atoms. The van der Waals surface area contributed by atoms with Gasteiger partial charge in [0.05, 0.1) is 45.4 Å². The molecule has 1 amide bonds. The van der Waals surface area contributed by atoms with Gasteiger partial charge in [-0.1, -0.05) is 0 Å². The number of amides is 1. The second-order valence-corrected chi connectivity index (χ2v) is 9.33. The molecule has 1 aromatic carbocycles. The third kappa shape index (κ3) is 5.61. The monoisotopic (exact) mass is 462 g/mol. The lowest BCUT2D eigenvalue weighted by Gasteiger charge is -2.37. The molecule has 8 nitrogen and oxygen atoms in total. The SMILES string of the molecule is COc1cc(OC)c(CN(CC(=O)N2CSC[C@H]2C#N)[C@H]2CC[C@H](CN)CC2)c(OC)c1. The van der Waals surface area contributed by atoms with Gasteiger partial charge in [0.15, 0.2) is 0 Å². The fraction of sp³-hybridized carbons (Fsp3) is 0.652. The van der Waals surface area contributed by atoms with E-state index in [0.717, 1.165) is 31.2 Å². The van der Waals surface area contributed by atoms with Gasteiger partial charge >= 0.3 is 0 Å². The zero-order valence-electron chi connectivity index (χ0n) is 19.2. The highest BCUT2D eigenvalue weighted by Gasteiger charge is 2.33. The number of carbonyl (C=O) groups excluding carboxylic acids is 1. The van der Waals surface area contributed by atoms with Crippen LogP contribution in [-0.2, 0) is 11.3 Å². The van der Waals surface area contributed by atoms with Gasteiger partial charge in [0.25, 0.3) is 0 Å². The summed E-state index contributed by atoms with van der Waals surface area (Å²) in [6, 6.07) is 5.84. The zero-order valence-corrected chi connectivity index (χ0v) is 20.0. The molecule has 1 saturated heterocycles. The lowest BCUT2D eigenvalue weighted by molar-refractivity contribution is -0.133. The van der Waals surface area contributed by atoms with E-state index in [4.69, 9.17) is 19.9 Å². The first kappa shape index (κ1) is 24.5. The Balaban J connectivity index is 1.86. The van der Waals surface area contributed by atoms with E-state index in [-0.39, 0.29) is 24.5 Å². The van der Waals surface area contributed by atoms with Gasteiger partial charge in [-0.25, -0.2) is 0 Å². The molecule has 1 aliphatic heterocycles. The molecule has 32 heavy (non-hydrogen) atoms. The molecule has 2 fully saturated rings. The molecule has 2 aliphatic rings. The number of hydrogen-bond acceptors (Lipinski definition) is 8. The fourth-order valence-corrected chi connectivity index (χ4v) is 5.66. The van der Waals surface area contributed by atoms with Crippen LogP contribution in [0.3, 0.4) is 0 Å². The Kier molecular flexibility index (Phi) is 8.91. The van der Waals surface area contributed by atoms with E-state index >= 15 is 0 Å². The average Bonchev–Trinajstić information content (AvgIpc) is 3.32. The second kappa shape index (κ2) is 11.6. The molecule has 0 spiro atoms. The molecule has 0 aromatic heterocycles. The molecule has 1 aliphatic carbocycles. The number of nitrogens with two attached hydrogens (primary N) is 1. The third-order valence-electron chi connectivity index (χ3n) is 6.53. The van der Waals surface area contributed by atoms with Crippen molar-refractivity contribution < 1.29 is 19.0 Å². The lowest BCUT2D eigenvalue weighted by Crippen LogP contribution is -2.47. The van der Waals surface area contributed by atoms with E-state index in [2.05, 4.69) is 11.0 Å². The van der Waals surface area contributed by atoms with Gasteiger partial charge in [-0.15, -0.1) is 11.8 Å². The van der Waals surface area contributed by atoms with Crippen molar-refractivity contribution in [3.05, 3.63) is 17.7 Å². The summed E-state index contributed by atoms with van der Waals surface area (Å²) >= 11 is 1.63. The first-order valence-electron chi connectivity index (χ1n) is 11.0. The zero-order chi connectivity index (χ0) is 23.1. The number of ether oxygens (including phenoxy) is 3. The Hall–Kier alpha value is -2.15. The van der Waals surface area contributed by atoms with Crippen LogP contribution in [0.4, 0.5) is 0 Å². The number of carbonyl (C=O) groups is 1. The Labute approximate surface area is 195 Å². The van der Waals surface area contributed by atoms with Crippen molar-refractivity contribution in [1.82, 2.24) is 9.80 Å². The summed E-state index contributed by atoms with van der Waals surface area (Å²) in [6.45, 7) is 1.48. The van der Waals surface area contributed by atoms with Crippen LogP contribution in [0.5, 0.6) is 17.2 Å². The maximum atomic E-state index is 13.2. The normalized spacial score (nSPS) is 23.1. The van der Waals surface area contributed by atoms with Gasteiger partial charge in [-0.05, 0) is 38.1 Å². The average molecular weight is 463 g/mol. The first-order valence-corrected chi connectivity index (χ1v) is 12.2. The van der Waals surface area contributed by atoms with Crippen molar-refractivity contribution in [2.75, 3.05) is 46.0 Å². The van der Waals surface area contributed by atoms with E-state index in [9.17, 15) is 10.1 Å². The molecule has 176 valence electrons. The number of benzene rings is 1. The largest absolute Gasteiger partial charge is 0.496 e. The number of nitriles is 1. The van der Waals surface area contributed by atoms with Gasteiger partial charge in [0.2, 0.25) is 5.91 Å². The maximum Gasteiger partial charge on any atom is 0.238 e. The van der Waals surface area contributed by atoms with Crippen LogP contribution in [0.1, 0.15) is 31.2 Å². The van der Waals surface area contributed by atoms with Crippen molar-refractivity contribution in [3.63, 3.8) is 0 Å². The van der Waals surface area contributed by atoms with E-state index in [0.29, 0.717) is 47.9 Å². The van der Waals surface area contributed by atoms with Crippen LogP contribution in [0.15, 0.2) is 12.1 Å². The van der Waals surface area contributed by atoms with Crippen LogP contribution in [-0.4, -0.2) is 73.8 Å². The Bertz CT molecular complexity index is 798. The first-order chi connectivity index (χ1) is 15.5. The molecule has 0 radical (unpaired) electrons. The van der Waals surface area contributed by atoms with E-state index in [1.54, 1.807) is 38.0 Å². The van der Waals surface area contributed by atoms with Crippen molar-refractivity contribution in [2.45, 2.75) is 44.3 Å². The highest BCUT2D eigenvalue weighted by Crippen LogP contribution is 2.37. The molecular formula is C23H34N4O4S. The molecule has 2 N–H and O–H groups in total. The Morgan fingerprint density at radius 1 is 1.19 bits per heavy atom. The van der Waals surface area contributed by atoms with Gasteiger partial charge in [-0.3, -0.25) is 9.69 Å². The molecule has 9 heteroatoms. The summed E-state index contributed by atoms with van der Waals surface area (Å²) in [6.07, 6.45) is 4.10. The molecule has 1 heterocycles. The van der Waals surface area contributed by atoms with Crippen molar-refractivity contribution >= 4 is 17.7 Å². The topological polar surface area (TPSA) is 101 Å². The van der Waals surface area contributed by atoms with Crippen LogP contribution in [0, 0.1) is 17.2 Å². The number of methoxy groups -OCH3 is 3. The highest BCUT2D eigenvalue weighted by molar-refractivity contribution is 7.99. The minimum Gasteiger partial charge on any atom is -0.496 e. The van der Waals surface area contributed by atoms with Crippen molar-refractivity contribution in [2.24, 2.45) is 11.7 Å². The van der Waals surface area contributed by atoms with Crippen molar-refractivity contribution in [1.29, 1.82) is 5.26 Å². The van der Waals surface area contributed by atoms with Gasteiger partial charge < -0.3 is 24.8 Å². The quantitative estimate of drug-likeness (QED) is 0.597. The lowest BCUT2D eigenvalue weighted by atomic mass is 9.85. The number of rotatable bonds is 9. The minimum absolute atomic E-state index is 0.00561. The van der Waals surface area contributed by atoms with Gasteiger partial charge in [0.1, 0.15) is 23.3 Å². The second-order valence-electron chi connectivity index (χ2n) is 8.33. The molecule has 3 rings (SSSR count). The number of thioether (sulfide) groups is 1. The summed E-state index contributed by atoms with van der Waals surface area (Å²) in [7, 11) is 4.85. The predicted octanol–water partition coefficient (Wildman–Crippen LogP) is 2.46. The molecule has 1 aromatic rings. The highest BCUT2D eigenvalue weighted by atomic mass is 32.2. The summed E-state index contributed by atoms with van der Waals surface area (Å²) < 4.78 is 16.7. The number of nitrogens with zero attached hydrogens (tertiary/aromatic N) is 3. The predicted molar refractivity (Wildman–Crippen MR) is 125 cm³/mol. The molecule has 0 unspecified atom stereocenters. The molecular weight excluding hydrogens is 428 g/mol.